The summed E-state index contributed by atoms with van der Waals surface area (Å²) in [7, 11) is 2.04. The van der Waals surface area contributed by atoms with Gasteiger partial charge in [-0.15, -0.1) is 0 Å². The molecule has 0 radical (unpaired) electrons. The monoisotopic (exact) mass is 285 g/mol. The van der Waals surface area contributed by atoms with E-state index in [4.69, 9.17) is 0 Å². The first-order chi connectivity index (χ1) is 10.3. The Bertz CT molecular complexity index is 556. The molecule has 0 amide bonds. The molecular weight excluding hydrogens is 262 g/mol. The zero-order valence-electron chi connectivity index (χ0n) is 13.0. The molecule has 0 aliphatic rings. The largest absolute Gasteiger partial charge is 0.370 e. The smallest absolute Gasteiger partial charge is 0.137 e. The molecule has 0 aliphatic carbocycles. The van der Waals surface area contributed by atoms with Crippen LogP contribution in [0.3, 0.4) is 0 Å². The van der Waals surface area contributed by atoms with Crippen molar-refractivity contribution < 1.29 is 0 Å². The van der Waals surface area contributed by atoms with Crippen LogP contribution in [0.25, 0.3) is 0 Å². The molecule has 0 unspecified atom stereocenters. The second kappa shape index (κ2) is 7.57. The fourth-order valence-corrected chi connectivity index (χ4v) is 2.26. The summed E-state index contributed by atoms with van der Waals surface area (Å²) in [5.74, 6) is 1.91. The van der Waals surface area contributed by atoms with Gasteiger partial charge in [0.15, 0.2) is 0 Å². The molecular formula is C16H23N5. The van der Waals surface area contributed by atoms with Gasteiger partial charge >= 0.3 is 0 Å². The summed E-state index contributed by atoms with van der Waals surface area (Å²) in [5.41, 5.74) is 2.19. The fourth-order valence-electron chi connectivity index (χ4n) is 2.26. The predicted octanol–water partition coefficient (Wildman–Crippen LogP) is 2.89. The molecule has 112 valence electrons. The molecule has 1 N–H and O–H groups in total. The summed E-state index contributed by atoms with van der Waals surface area (Å²) < 4.78 is 0. The van der Waals surface area contributed by atoms with Crippen molar-refractivity contribution in [3.8, 4) is 0 Å². The van der Waals surface area contributed by atoms with E-state index >= 15 is 0 Å². The van der Waals surface area contributed by atoms with Gasteiger partial charge in [0.2, 0.25) is 0 Å². The molecule has 0 saturated heterocycles. The van der Waals surface area contributed by atoms with Crippen molar-refractivity contribution in [2.24, 2.45) is 0 Å². The standard InChI is InChI=1S/C16H23N5/c1-4-9-18-15-14(5-2)16(20-12-19-15)21(3)11-13-8-6-7-10-17-13/h6-8,10,12H,4-5,9,11H2,1-3H3,(H,18,19,20). The molecule has 2 aromatic heterocycles. The van der Waals surface area contributed by atoms with E-state index in [0.717, 1.165) is 48.8 Å². The molecule has 0 spiro atoms. The maximum atomic E-state index is 4.46. The number of nitrogens with one attached hydrogen (secondary N) is 1. The van der Waals surface area contributed by atoms with Crippen LogP contribution in [-0.4, -0.2) is 28.5 Å². The summed E-state index contributed by atoms with van der Waals surface area (Å²) in [4.78, 5) is 15.3. The summed E-state index contributed by atoms with van der Waals surface area (Å²) >= 11 is 0. The van der Waals surface area contributed by atoms with Crippen LogP contribution in [0.15, 0.2) is 30.7 Å². The lowest BCUT2D eigenvalue weighted by molar-refractivity contribution is 0.844. The van der Waals surface area contributed by atoms with Crippen LogP contribution in [-0.2, 0) is 13.0 Å². The van der Waals surface area contributed by atoms with Crippen LogP contribution < -0.4 is 10.2 Å². The SMILES string of the molecule is CCCNc1ncnc(N(C)Cc2ccccn2)c1CC. The van der Waals surface area contributed by atoms with Crippen molar-refractivity contribution >= 4 is 11.6 Å². The molecule has 0 bridgehead atoms. The number of rotatable bonds is 7. The van der Waals surface area contributed by atoms with Crippen LogP contribution in [0.2, 0.25) is 0 Å². The Morgan fingerprint density at radius 1 is 1.14 bits per heavy atom. The van der Waals surface area contributed by atoms with E-state index in [1.54, 1.807) is 6.33 Å². The van der Waals surface area contributed by atoms with Crippen molar-refractivity contribution in [1.82, 2.24) is 15.0 Å². The average Bonchev–Trinajstić information content (AvgIpc) is 2.53. The van der Waals surface area contributed by atoms with E-state index < -0.39 is 0 Å². The second-order valence-electron chi connectivity index (χ2n) is 4.98. The molecule has 0 atom stereocenters. The van der Waals surface area contributed by atoms with E-state index in [-0.39, 0.29) is 0 Å². The molecule has 21 heavy (non-hydrogen) atoms. The first-order valence-corrected chi connectivity index (χ1v) is 7.45. The molecule has 2 rings (SSSR count). The Kier molecular flexibility index (Phi) is 5.49. The Balaban J connectivity index is 2.21. The third kappa shape index (κ3) is 3.90. The van der Waals surface area contributed by atoms with Gasteiger partial charge < -0.3 is 10.2 Å². The second-order valence-corrected chi connectivity index (χ2v) is 4.98. The minimum absolute atomic E-state index is 0.734. The first kappa shape index (κ1) is 15.2. The van der Waals surface area contributed by atoms with Crippen molar-refractivity contribution in [1.29, 1.82) is 0 Å². The van der Waals surface area contributed by atoms with Gasteiger partial charge in [-0.05, 0) is 25.0 Å². The van der Waals surface area contributed by atoms with Gasteiger partial charge in [0.05, 0.1) is 12.2 Å². The van der Waals surface area contributed by atoms with E-state index in [9.17, 15) is 0 Å². The van der Waals surface area contributed by atoms with Crippen LogP contribution in [0.5, 0.6) is 0 Å². The van der Waals surface area contributed by atoms with E-state index in [1.807, 2.05) is 31.4 Å². The fraction of sp³-hybridized carbons (Fsp3) is 0.438. The number of nitrogens with zero attached hydrogens (tertiary/aromatic N) is 4. The highest BCUT2D eigenvalue weighted by molar-refractivity contribution is 5.58. The molecule has 2 aromatic rings. The number of pyridine rings is 1. The molecule has 5 nitrogen and oxygen atoms in total. The zero-order valence-corrected chi connectivity index (χ0v) is 13.0. The number of hydrogen-bond acceptors (Lipinski definition) is 5. The Hall–Kier alpha value is -2.17. The highest BCUT2D eigenvalue weighted by atomic mass is 15.2. The molecule has 2 heterocycles. The molecule has 0 saturated carbocycles. The first-order valence-electron chi connectivity index (χ1n) is 7.45. The normalized spacial score (nSPS) is 10.4. The summed E-state index contributed by atoms with van der Waals surface area (Å²) in [5, 5.41) is 3.38. The van der Waals surface area contributed by atoms with Gasteiger partial charge in [-0.1, -0.05) is 19.9 Å². The van der Waals surface area contributed by atoms with Crippen molar-refractivity contribution in [2.75, 3.05) is 23.8 Å². The molecule has 0 aromatic carbocycles. The maximum absolute atomic E-state index is 4.46. The Morgan fingerprint density at radius 3 is 2.67 bits per heavy atom. The minimum atomic E-state index is 0.734. The van der Waals surface area contributed by atoms with Crippen LogP contribution in [0, 0.1) is 0 Å². The Labute approximate surface area is 126 Å². The maximum Gasteiger partial charge on any atom is 0.137 e. The zero-order chi connectivity index (χ0) is 15.1. The molecule has 5 heteroatoms. The van der Waals surface area contributed by atoms with Gasteiger partial charge in [-0.3, -0.25) is 4.98 Å². The lowest BCUT2D eigenvalue weighted by Gasteiger charge is -2.22. The number of anilines is 2. The van der Waals surface area contributed by atoms with E-state index in [1.165, 1.54) is 0 Å². The van der Waals surface area contributed by atoms with Crippen molar-refractivity contribution in [2.45, 2.75) is 33.2 Å². The van der Waals surface area contributed by atoms with Crippen molar-refractivity contribution in [3.05, 3.63) is 42.0 Å². The quantitative estimate of drug-likeness (QED) is 0.847. The van der Waals surface area contributed by atoms with Crippen molar-refractivity contribution in [3.63, 3.8) is 0 Å². The van der Waals surface area contributed by atoms with Crippen LogP contribution in [0.1, 0.15) is 31.5 Å². The lowest BCUT2D eigenvalue weighted by atomic mass is 10.2. The van der Waals surface area contributed by atoms with E-state index in [0.29, 0.717) is 0 Å². The van der Waals surface area contributed by atoms with Crippen LogP contribution >= 0.6 is 0 Å². The highest BCUT2D eigenvalue weighted by Crippen LogP contribution is 2.24. The number of aromatic nitrogens is 3. The van der Waals surface area contributed by atoms with Gasteiger partial charge in [0, 0.05) is 25.4 Å². The van der Waals surface area contributed by atoms with Gasteiger partial charge in [-0.25, -0.2) is 9.97 Å². The van der Waals surface area contributed by atoms with Gasteiger partial charge in [-0.2, -0.15) is 0 Å². The predicted molar refractivity (Wildman–Crippen MR) is 86.5 cm³/mol. The van der Waals surface area contributed by atoms with Crippen LogP contribution in [0.4, 0.5) is 11.6 Å². The van der Waals surface area contributed by atoms with Gasteiger partial charge in [0.25, 0.3) is 0 Å². The highest BCUT2D eigenvalue weighted by Gasteiger charge is 2.13. The minimum Gasteiger partial charge on any atom is -0.370 e. The third-order valence-electron chi connectivity index (χ3n) is 3.31. The summed E-state index contributed by atoms with van der Waals surface area (Å²) in [6.45, 7) is 5.94. The van der Waals surface area contributed by atoms with E-state index in [2.05, 4.69) is 39.0 Å². The summed E-state index contributed by atoms with van der Waals surface area (Å²) in [6, 6.07) is 5.96. The van der Waals surface area contributed by atoms with Gasteiger partial charge in [0.1, 0.15) is 18.0 Å². The number of hydrogen-bond donors (Lipinski definition) is 1. The summed E-state index contributed by atoms with van der Waals surface area (Å²) in [6.07, 6.45) is 5.42. The average molecular weight is 285 g/mol. The lowest BCUT2D eigenvalue weighted by Crippen LogP contribution is -2.21. The third-order valence-corrected chi connectivity index (χ3v) is 3.31. The molecule has 0 fully saturated rings. The molecule has 0 aliphatic heterocycles. The Morgan fingerprint density at radius 2 is 2.00 bits per heavy atom. The topological polar surface area (TPSA) is 53.9 Å².